The van der Waals surface area contributed by atoms with Gasteiger partial charge < -0.3 is 14.5 Å². The number of benzene rings is 2. The van der Waals surface area contributed by atoms with Crippen LogP contribution in [0.4, 0.5) is 5.82 Å². The second-order valence-corrected chi connectivity index (χ2v) is 8.10. The molecule has 6 heteroatoms. The van der Waals surface area contributed by atoms with Crippen molar-refractivity contribution < 1.29 is 4.74 Å². The maximum Gasteiger partial charge on any atom is 0.137 e. The van der Waals surface area contributed by atoms with E-state index in [0.717, 1.165) is 63.7 Å². The lowest BCUT2D eigenvalue weighted by molar-refractivity contribution is 0.112. The molecule has 3 heterocycles. The number of anilines is 1. The van der Waals surface area contributed by atoms with Gasteiger partial charge >= 0.3 is 0 Å². The summed E-state index contributed by atoms with van der Waals surface area (Å²) in [5.74, 6) is 1.12. The monoisotopic (exact) mass is 459 g/mol. The van der Waals surface area contributed by atoms with E-state index in [1.54, 1.807) is 0 Å². The molecule has 2 aromatic carbocycles. The van der Waals surface area contributed by atoms with Crippen molar-refractivity contribution in [3.63, 3.8) is 0 Å². The number of rotatable bonds is 4. The number of fused-ring (bicyclic) bond motifs is 1. The molecule has 0 N–H and O–H groups in total. The Labute approximate surface area is 197 Å². The second-order valence-electron chi connectivity index (χ2n) is 8.10. The normalized spacial score (nSPS) is 19.1. The highest BCUT2D eigenvalue weighted by Gasteiger charge is 2.20. The molecule has 1 atom stereocenters. The van der Waals surface area contributed by atoms with Gasteiger partial charge in [0, 0.05) is 43.7 Å². The van der Waals surface area contributed by atoms with Gasteiger partial charge in [0.1, 0.15) is 5.82 Å². The van der Waals surface area contributed by atoms with Gasteiger partial charge in [-0.1, -0.05) is 55.5 Å². The Morgan fingerprint density at radius 3 is 2.39 bits per heavy atom. The summed E-state index contributed by atoms with van der Waals surface area (Å²) in [7, 11) is 0. The number of halogens is 2. The number of hydrogen-bond acceptors (Lipinski definition) is 4. The summed E-state index contributed by atoms with van der Waals surface area (Å²) in [6.45, 7) is 8.52. The van der Waals surface area contributed by atoms with Gasteiger partial charge in [0.2, 0.25) is 0 Å². The molecule has 2 fully saturated rings. The molecule has 0 amide bonds. The molecule has 0 radical (unpaired) electrons. The average Bonchev–Trinajstić information content (AvgIpc) is 3.33. The van der Waals surface area contributed by atoms with Crippen molar-refractivity contribution in [3.05, 3.63) is 60.2 Å². The highest BCUT2D eigenvalue weighted by atomic mass is 35.5. The SMILES string of the molecule is CCN1CCN(c2nc(-c3ccc(C4CCCO4)cc3)cc3ccccc23)CC1.Cl.Cl. The third kappa shape index (κ3) is 4.98. The van der Waals surface area contributed by atoms with Crippen LogP contribution in [0, 0.1) is 0 Å². The van der Waals surface area contributed by atoms with Gasteiger partial charge in [-0.05, 0) is 36.4 Å². The zero-order valence-electron chi connectivity index (χ0n) is 18.0. The summed E-state index contributed by atoms with van der Waals surface area (Å²) in [4.78, 5) is 10.1. The average molecular weight is 460 g/mol. The van der Waals surface area contributed by atoms with Crippen molar-refractivity contribution in [1.29, 1.82) is 0 Å². The molecule has 0 aliphatic carbocycles. The molecule has 3 aromatic rings. The Morgan fingerprint density at radius 2 is 1.71 bits per heavy atom. The molecule has 31 heavy (non-hydrogen) atoms. The Kier molecular flexibility index (Phi) is 8.17. The summed E-state index contributed by atoms with van der Waals surface area (Å²) in [5.41, 5.74) is 3.50. The van der Waals surface area contributed by atoms with Crippen LogP contribution in [0.3, 0.4) is 0 Å². The molecule has 2 aliphatic rings. The maximum atomic E-state index is 5.83. The largest absolute Gasteiger partial charge is 0.374 e. The van der Waals surface area contributed by atoms with Crippen LogP contribution in [0.15, 0.2) is 54.6 Å². The number of ether oxygens (including phenoxy) is 1. The Balaban J connectivity index is 0.00000136. The molecule has 5 rings (SSSR count). The predicted molar refractivity (Wildman–Crippen MR) is 134 cm³/mol. The highest BCUT2D eigenvalue weighted by Crippen LogP contribution is 2.33. The van der Waals surface area contributed by atoms with E-state index < -0.39 is 0 Å². The van der Waals surface area contributed by atoms with E-state index in [4.69, 9.17) is 9.72 Å². The van der Waals surface area contributed by atoms with Gasteiger partial charge in [0.05, 0.1) is 11.8 Å². The summed E-state index contributed by atoms with van der Waals surface area (Å²) in [6.07, 6.45) is 2.55. The lowest BCUT2D eigenvalue weighted by atomic mass is 10.0. The van der Waals surface area contributed by atoms with E-state index in [9.17, 15) is 0 Å². The second kappa shape index (κ2) is 10.6. The molecule has 0 spiro atoms. The van der Waals surface area contributed by atoms with Gasteiger partial charge in [0.15, 0.2) is 0 Å². The number of nitrogens with zero attached hydrogens (tertiary/aromatic N) is 3. The first-order valence-corrected chi connectivity index (χ1v) is 10.9. The minimum atomic E-state index is 0. The van der Waals surface area contributed by atoms with Gasteiger partial charge in [0.25, 0.3) is 0 Å². The van der Waals surface area contributed by atoms with E-state index in [1.165, 1.54) is 21.9 Å². The number of aromatic nitrogens is 1. The summed E-state index contributed by atoms with van der Waals surface area (Å²) in [6, 6.07) is 19.7. The summed E-state index contributed by atoms with van der Waals surface area (Å²) >= 11 is 0. The van der Waals surface area contributed by atoms with Crippen LogP contribution in [0.1, 0.15) is 31.4 Å². The molecule has 2 aliphatic heterocycles. The van der Waals surface area contributed by atoms with Crippen LogP contribution in [0.2, 0.25) is 0 Å². The lowest BCUT2D eigenvalue weighted by Gasteiger charge is -2.35. The predicted octanol–water partition coefficient (Wildman–Crippen LogP) is 5.74. The van der Waals surface area contributed by atoms with E-state index >= 15 is 0 Å². The first-order valence-electron chi connectivity index (χ1n) is 10.9. The number of pyridine rings is 1. The van der Waals surface area contributed by atoms with E-state index in [-0.39, 0.29) is 30.9 Å². The lowest BCUT2D eigenvalue weighted by Crippen LogP contribution is -2.46. The van der Waals surface area contributed by atoms with Crippen molar-refractivity contribution in [1.82, 2.24) is 9.88 Å². The minimum absolute atomic E-state index is 0. The molecule has 2 saturated heterocycles. The number of likely N-dealkylation sites (N-methyl/N-ethyl adjacent to an activating group) is 1. The molecule has 0 saturated carbocycles. The molecule has 1 unspecified atom stereocenters. The Morgan fingerprint density at radius 1 is 0.968 bits per heavy atom. The summed E-state index contributed by atoms with van der Waals surface area (Å²) in [5, 5.41) is 2.51. The molecular weight excluding hydrogens is 429 g/mol. The quantitative estimate of drug-likeness (QED) is 0.497. The Hall–Kier alpha value is -1.85. The smallest absolute Gasteiger partial charge is 0.137 e. The third-order valence-corrected chi connectivity index (χ3v) is 6.35. The number of piperazine rings is 1. The van der Waals surface area contributed by atoms with E-state index in [2.05, 4.69) is 71.3 Å². The van der Waals surface area contributed by atoms with Gasteiger partial charge in [-0.25, -0.2) is 4.98 Å². The molecular formula is C25H31Cl2N3O. The van der Waals surface area contributed by atoms with Crippen LogP contribution in [-0.4, -0.2) is 49.2 Å². The van der Waals surface area contributed by atoms with Gasteiger partial charge in [-0.15, -0.1) is 24.8 Å². The molecule has 0 bridgehead atoms. The van der Waals surface area contributed by atoms with Gasteiger partial charge in [-0.3, -0.25) is 0 Å². The van der Waals surface area contributed by atoms with Crippen molar-refractivity contribution in [3.8, 4) is 11.3 Å². The van der Waals surface area contributed by atoms with E-state index in [1.807, 2.05) is 0 Å². The first-order chi connectivity index (χ1) is 14.3. The molecule has 166 valence electrons. The Bertz CT molecular complexity index is 982. The fourth-order valence-corrected chi connectivity index (χ4v) is 4.55. The minimum Gasteiger partial charge on any atom is -0.374 e. The fraction of sp³-hybridized carbons (Fsp3) is 0.400. The van der Waals surface area contributed by atoms with Crippen molar-refractivity contribution >= 4 is 41.4 Å². The topological polar surface area (TPSA) is 28.6 Å². The van der Waals surface area contributed by atoms with Gasteiger partial charge in [-0.2, -0.15) is 0 Å². The van der Waals surface area contributed by atoms with Crippen LogP contribution in [-0.2, 0) is 4.74 Å². The van der Waals surface area contributed by atoms with Crippen LogP contribution < -0.4 is 4.90 Å². The maximum absolute atomic E-state index is 5.83. The van der Waals surface area contributed by atoms with Crippen LogP contribution >= 0.6 is 24.8 Å². The van der Waals surface area contributed by atoms with Crippen molar-refractivity contribution in [2.24, 2.45) is 0 Å². The zero-order chi connectivity index (χ0) is 19.6. The molecule has 4 nitrogen and oxygen atoms in total. The van der Waals surface area contributed by atoms with E-state index in [0.29, 0.717) is 0 Å². The first kappa shape index (κ1) is 23.8. The highest BCUT2D eigenvalue weighted by molar-refractivity contribution is 5.95. The summed E-state index contributed by atoms with van der Waals surface area (Å²) < 4.78 is 5.83. The zero-order valence-corrected chi connectivity index (χ0v) is 19.6. The molecule has 1 aromatic heterocycles. The third-order valence-electron chi connectivity index (χ3n) is 6.35. The van der Waals surface area contributed by atoms with Crippen LogP contribution in [0.25, 0.3) is 22.0 Å². The van der Waals surface area contributed by atoms with Crippen molar-refractivity contribution in [2.45, 2.75) is 25.9 Å². The fourth-order valence-electron chi connectivity index (χ4n) is 4.55. The number of hydrogen-bond donors (Lipinski definition) is 0. The standard InChI is InChI=1S/C25H29N3O.2ClH/c1-2-27-13-15-28(16-14-27)25-22-7-4-3-6-21(22)18-23(26-25)19-9-11-20(12-10-19)24-8-5-17-29-24;;/h3-4,6-7,9-12,18,24H,2,5,8,13-17H2,1H3;2*1H. The van der Waals surface area contributed by atoms with Crippen molar-refractivity contribution in [2.75, 3.05) is 44.2 Å². The van der Waals surface area contributed by atoms with Crippen LogP contribution in [0.5, 0.6) is 0 Å².